The third kappa shape index (κ3) is 4.50. The summed E-state index contributed by atoms with van der Waals surface area (Å²) < 4.78 is 41.9. The molecular formula is C23H41N5O5SSi2. The highest BCUT2D eigenvalue weighted by Crippen LogP contribution is 2.48. The number of aromatic nitrogens is 4. The Kier molecular flexibility index (Phi) is 7.84. The molecule has 0 spiro atoms. The van der Waals surface area contributed by atoms with E-state index in [1.54, 1.807) is 10.9 Å². The molecule has 2 aliphatic heterocycles. The predicted molar refractivity (Wildman–Crippen MR) is 144 cm³/mol. The van der Waals surface area contributed by atoms with Crippen LogP contribution < -0.4 is 5.73 Å². The Hall–Kier alpha value is -1.23. The van der Waals surface area contributed by atoms with E-state index in [2.05, 4.69) is 70.5 Å². The van der Waals surface area contributed by atoms with Crippen LogP contribution in [0, 0.1) is 0 Å². The van der Waals surface area contributed by atoms with Crippen molar-refractivity contribution < 1.29 is 21.9 Å². The minimum atomic E-state index is -2.74. The molecule has 2 aromatic rings. The maximum Gasteiger partial charge on any atom is 0.335 e. The van der Waals surface area contributed by atoms with Crippen LogP contribution in [0.1, 0.15) is 68.0 Å². The molecule has 2 aliphatic rings. The van der Waals surface area contributed by atoms with E-state index in [0.717, 1.165) is 0 Å². The molecule has 10 nitrogen and oxygen atoms in total. The Bertz CT molecular complexity index is 1110. The van der Waals surface area contributed by atoms with Crippen LogP contribution in [0.4, 0.5) is 5.82 Å². The molecule has 2 fully saturated rings. The van der Waals surface area contributed by atoms with Crippen LogP contribution in [0.5, 0.6) is 0 Å². The highest BCUT2D eigenvalue weighted by molar-refractivity contribution is 7.84. The lowest BCUT2D eigenvalue weighted by molar-refractivity contribution is -0.0577. The fraction of sp³-hybridized carbons (Fsp3) is 0.783. The minimum absolute atomic E-state index is 0.216. The summed E-state index contributed by atoms with van der Waals surface area (Å²) in [5.74, 6) is 0.254. The number of rotatable bonds is 6. The van der Waals surface area contributed by atoms with Gasteiger partial charge in [0.05, 0.1) is 28.9 Å². The second kappa shape index (κ2) is 10.2. The van der Waals surface area contributed by atoms with Crippen molar-refractivity contribution in [2.45, 2.75) is 107 Å². The summed E-state index contributed by atoms with van der Waals surface area (Å²) in [6.07, 6.45) is 2.57. The van der Waals surface area contributed by atoms with Gasteiger partial charge in [0.2, 0.25) is 0 Å². The van der Waals surface area contributed by atoms with Gasteiger partial charge in [0, 0.05) is 12.7 Å². The van der Waals surface area contributed by atoms with Gasteiger partial charge >= 0.3 is 17.1 Å². The normalized spacial score (nSPS) is 27.1. The Balaban J connectivity index is 1.77. The van der Waals surface area contributed by atoms with Crippen LogP contribution >= 0.6 is 0 Å². The topological polar surface area (TPSA) is 124 Å². The van der Waals surface area contributed by atoms with Crippen LogP contribution in [0.3, 0.4) is 0 Å². The molecule has 0 bridgehead atoms. The SMILES string of the molecule is CC(C)[Si]1(C(C)C)OC[C@H]2O[C@H](n3nc(S(C)=O)c4c(N)ncnc43)C[C@H]2O[Si](C(C)C)(C(C)C)O1. The lowest BCUT2D eigenvalue weighted by Gasteiger charge is -2.51. The van der Waals surface area contributed by atoms with Gasteiger partial charge in [0.15, 0.2) is 16.9 Å². The molecule has 4 rings (SSSR count). The molecule has 0 aliphatic carbocycles. The Morgan fingerprint density at radius 1 is 1.00 bits per heavy atom. The standard InChI is InChI=1S/C23H41N5O5SSi2/c1-13(2)35(14(3)4)30-11-18-17(32-36(33-35,15(5)6)16(7)8)10-19(31-18)28-22-20(21(24)25-12-26-22)23(27-28)34(9)29/h12-19H,10-11H2,1-9H3,(H2,24,25,26)/t17-,18-,19+,34?/m1/s1. The van der Waals surface area contributed by atoms with Crippen LogP contribution in [0.2, 0.25) is 22.2 Å². The van der Waals surface area contributed by atoms with Crippen molar-refractivity contribution >= 4 is 44.8 Å². The van der Waals surface area contributed by atoms with E-state index in [1.165, 1.54) is 6.33 Å². The smallest absolute Gasteiger partial charge is 0.335 e. The van der Waals surface area contributed by atoms with E-state index in [9.17, 15) is 4.21 Å². The van der Waals surface area contributed by atoms with Crippen molar-refractivity contribution in [2.24, 2.45) is 0 Å². The summed E-state index contributed by atoms with van der Waals surface area (Å²) in [5, 5.41) is 5.49. The molecule has 2 aromatic heterocycles. The summed E-state index contributed by atoms with van der Waals surface area (Å²) in [4.78, 5) is 8.49. The molecule has 1 unspecified atom stereocenters. The molecule has 0 saturated carbocycles. The van der Waals surface area contributed by atoms with Gasteiger partial charge in [-0.1, -0.05) is 55.4 Å². The van der Waals surface area contributed by atoms with Crippen molar-refractivity contribution in [3.8, 4) is 0 Å². The Labute approximate surface area is 218 Å². The maximum absolute atomic E-state index is 12.4. The molecule has 2 N–H and O–H groups in total. The van der Waals surface area contributed by atoms with Gasteiger partial charge in [-0.15, -0.1) is 0 Å². The molecule has 0 radical (unpaired) electrons. The number of nitrogens with two attached hydrogens (primary N) is 1. The van der Waals surface area contributed by atoms with Gasteiger partial charge in [0.25, 0.3) is 0 Å². The average Bonchev–Trinajstić information content (AvgIpc) is 3.35. The van der Waals surface area contributed by atoms with Gasteiger partial charge in [-0.05, 0) is 22.2 Å². The molecule has 0 amide bonds. The predicted octanol–water partition coefficient (Wildman–Crippen LogP) is 4.39. The lowest BCUT2D eigenvalue weighted by atomic mass is 10.2. The van der Waals surface area contributed by atoms with Gasteiger partial charge in [0.1, 0.15) is 18.2 Å². The van der Waals surface area contributed by atoms with E-state index >= 15 is 0 Å². The largest absolute Gasteiger partial charge is 0.414 e. The van der Waals surface area contributed by atoms with E-state index in [1.807, 2.05) is 0 Å². The van der Waals surface area contributed by atoms with E-state index in [4.69, 9.17) is 23.4 Å². The molecule has 0 aromatic carbocycles. The van der Waals surface area contributed by atoms with Crippen molar-refractivity contribution in [3.05, 3.63) is 6.33 Å². The van der Waals surface area contributed by atoms with Gasteiger partial charge in [-0.25, -0.2) is 14.6 Å². The third-order valence-electron chi connectivity index (χ3n) is 7.56. The quantitative estimate of drug-likeness (QED) is 0.517. The minimum Gasteiger partial charge on any atom is -0.414 e. The van der Waals surface area contributed by atoms with Crippen molar-refractivity contribution in [1.82, 2.24) is 19.7 Å². The number of ether oxygens (including phenoxy) is 1. The summed E-state index contributed by atoms with van der Waals surface area (Å²) in [6, 6.07) is 0. The molecule has 2 saturated heterocycles. The van der Waals surface area contributed by atoms with E-state index < -0.39 is 34.1 Å². The highest BCUT2D eigenvalue weighted by Gasteiger charge is 2.60. The second-order valence-electron chi connectivity index (χ2n) is 11.2. The molecule has 202 valence electrons. The zero-order chi connectivity index (χ0) is 26.6. The summed E-state index contributed by atoms with van der Waals surface area (Å²) >= 11 is 0. The second-order valence-corrected chi connectivity index (χ2v) is 21.3. The number of hydrogen-bond acceptors (Lipinski definition) is 9. The zero-order valence-corrected chi connectivity index (χ0v) is 25.7. The number of nitrogens with zero attached hydrogens (tertiary/aromatic N) is 4. The summed E-state index contributed by atoms with van der Waals surface area (Å²) in [6.45, 7) is 18.0. The first-order valence-corrected chi connectivity index (χ1v) is 18.3. The third-order valence-corrected chi connectivity index (χ3v) is 18.7. The molecule has 13 heteroatoms. The summed E-state index contributed by atoms with van der Waals surface area (Å²) in [7, 11) is -6.75. The van der Waals surface area contributed by atoms with Crippen LogP contribution in [-0.4, -0.2) is 66.1 Å². The first-order valence-electron chi connectivity index (χ1n) is 12.8. The zero-order valence-electron chi connectivity index (χ0n) is 22.8. The van der Waals surface area contributed by atoms with Crippen molar-refractivity contribution in [3.63, 3.8) is 0 Å². The average molecular weight is 556 g/mol. The maximum atomic E-state index is 12.4. The first kappa shape index (κ1) is 27.8. The highest BCUT2D eigenvalue weighted by atomic mass is 32.2. The van der Waals surface area contributed by atoms with Crippen molar-refractivity contribution in [2.75, 3.05) is 18.6 Å². The summed E-state index contributed by atoms with van der Waals surface area (Å²) in [5.41, 5.74) is 7.61. The monoisotopic (exact) mass is 555 g/mol. The van der Waals surface area contributed by atoms with E-state index in [-0.39, 0.29) is 40.2 Å². The lowest BCUT2D eigenvalue weighted by Crippen LogP contribution is -2.65. The van der Waals surface area contributed by atoms with E-state index in [0.29, 0.717) is 29.1 Å². The number of fused-ring (bicyclic) bond motifs is 2. The fourth-order valence-electron chi connectivity index (χ4n) is 5.65. The van der Waals surface area contributed by atoms with Gasteiger partial charge in [-0.3, -0.25) is 4.21 Å². The number of nitrogen functional groups attached to an aromatic ring is 1. The first-order chi connectivity index (χ1) is 16.8. The molecular weight excluding hydrogens is 515 g/mol. The van der Waals surface area contributed by atoms with Crippen LogP contribution in [-0.2, 0) is 28.5 Å². The van der Waals surface area contributed by atoms with Crippen LogP contribution in [0.25, 0.3) is 11.0 Å². The fourth-order valence-corrected chi connectivity index (χ4v) is 17.6. The Morgan fingerprint density at radius 3 is 2.17 bits per heavy atom. The molecule has 36 heavy (non-hydrogen) atoms. The number of anilines is 1. The van der Waals surface area contributed by atoms with Gasteiger partial charge < -0.3 is 23.4 Å². The van der Waals surface area contributed by atoms with Crippen LogP contribution in [0.15, 0.2) is 11.4 Å². The number of hydrogen-bond donors (Lipinski definition) is 1. The molecule has 4 atom stereocenters. The van der Waals surface area contributed by atoms with Gasteiger partial charge in [-0.2, -0.15) is 5.10 Å². The Morgan fingerprint density at radius 2 is 1.61 bits per heavy atom. The van der Waals surface area contributed by atoms with Crippen molar-refractivity contribution in [1.29, 1.82) is 0 Å². The molecule has 4 heterocycles.